The van der Waals surface area contributed by atoms with E-state index in [9.17, 15) is 4.79 Å². The summed E-state index contributed by atoms with van der Waals surface area (Å²) in [5.41, 5.74) is 0.790. The quantitative estimate of drug-likeness (QED) is 0.372. The second-order valence-electron chi connectivity index (χ2n) is 5.65. The van der Waals surface area contributed by atoms with Crippen LogP contribution < -0.4 is 16.0 Å². The first-order valence-corrected chi connectivity index (χ1v) is 8.55. The number of nitrogens with zero attached hydrogens (tertiary/aromatic N) is 1. The van der Waals surface area contributed by atoms with Crippen molar-refractivity contribution in [1.82, 2.24) is 10.6 Å². The van der Waals surface area contributed by atoms with Crippen molar-refractivity contribution in [2.75, 3.05) is 18.4 Å². The molecule has 1 atom stereocenters. The number of unbranched alkanes of at least 4 members (excludes halogenated alkanes) is 2. The standard InChI is InChI=1S/C18H30N4O/c1-4-6-8-11-15(3)21-18(19-5-2)20-14-17(23)22-16-12-9-7-10-13-16/h7,9-10,12-13,15H,4-6,8,11,14H2,1-3H3,(H,22,23)(H2,19,20,21). The molecule has 1 rings (SSSR count). The lowest BCUT2D eigenvalue weighted by atomic mass is 10.1. The van der Waals surface area contributed by atoms with Crippen molar-refractivity contribution in [1.29, 1.82) is 0 Å². The Balaban J connectivity index is 2.45. The number of nitrogens with one attached hydrogen (secondary N) is 3. The topological polar surface area (TPSA) is 65.5 Å². The van der Waals surface area contributed by atoms with E-state index in [0.717, 1.165) is 18.7 Å². The number of para-hydroxylation sites is 1. The molecule has 0 fully saturated rings. The van der Waals surface area contributed by atoms with E-state index in [1.54, 1.807) is 0 Å². The molecule has 5 nitrogen and oxygen atoms in total. The molecule has 0 saturated carbocycles. The summed E-state index contributed by atoms with van der Waals surface area (Å²) < 4.78 is 0. The second-order valence-corrected chi connectivity index (χ2v) is 5.65. The minimum Gasteiger partial charge on any atom is -0.357 e. The summed E-state index contributed by atoms with van der Waals surface area (Å²) >= 11 is 0. The lowest BCUT2D eigenvalue weighted by Crippen LogP contribution is -2.42. The molecular weight excluding hydrogens is 288 g/mol. The highest BCUT2D eigenvalue weighted by molar-refractivity contribution is 5.94. The Labute approximate surface area is 140 Å². The second kappa shape index (κ2) is 11.5. The number of carbonyl (C=O) groups is 1. The van der Waals surface area contributed by atoms with Gasteiger partial charge in [-0.15, -0.1) is 0 Å². The van der Waals surface area contributed by atoms with Crippen LogP contribution in [-0.4, -0.2) is 31.0 Å². The van der Waals surface area contributed by atoms with Gasteiger partial charge in [0, 0.05) is 18.3 Å². The molecule has 1 unspecified atom stereocenters. The molecule has 0 aromatic heterocycles. The molecule has 23 heavy (non-hydrogen) atoms. The first-order chi connectivity index (χ1) is 11.2. The van der Waals surface area contributed by atoms with E-state index in [-0.39, 0.29) is 12.5 Å². The van der Waals surface area contributed by atoms with Crippen LogP contribution in [0.15, 0.2) is 35.3 Å². The molecule has 0 saturated heterocycles. The van der Waals surface area contributed by atoms with Crippen LogP contribution in [0.25, 0.3) is 0 Å². The highest BCUT2D eigenvalue weighted by atomic mass is 16.1. The first kappa shape index (κ1) is 19.0. The molecule has 0 aliphatic heterocycles. The largest absolute Gasteiger partial charge is 0.357 e. The zero-order valence-electron chi connectivity index (χ0n) is 14.6. The molecule has 0 heterocycles. The fourth-order valence-electron chi connectivity index (χ4n) is 2.20. The van der Waals surface area contributed by atoms with Crippen molar-refractivity contribution in [3.8, 4) is 0 Å². The van der Waals surface area contributed by atoms with Gasteiger partial charge in [0.05, 0.1) is 0 Å². The minimum atomic E-state index is -0.118. The van der Waals surface area contributed by atoms with Gasteiger partial charge in [-0.25, -0.2) is 4.99 Å². The van der Waals surface area contributed by atoms with Crippen molar-refractivity contribution in [2.24, 2.45) is 4.99 Å². The first-order valence-electron chi connectivity index (χ1n) is 8.55. The lowest BCUT2D eigenvalue weighted by molar-refractivity contribution is -0.114. The summed E-state index contributed by atoms with van der Waals surface area (Å²) in [5, 5.41) is 9.37. The van der Waals surface area contributed by atoms with Gasteiger partial charge in [0.15, 0.2) is 5.96 Å². The number of guanidine groups is 1. The Morgan fingerprint density at radius 2 is 1.91 bits per heavy atom. The van der Waals surface area contributed by atoms with Crippen molar-refractivity contribution >= 4 is 17.6 Å². The maximum absolute atomic E-state index is 11.9. The van der Waals surface area contributed by atoms with Gasteiger partial charge in [0.25, 0.3) is 0 Å². The third-order valence-electron chi connectivity index (χ3n) is 3.41. The van der Waals surface area contributed by atoms with Crippen LogP contribution in [-0.2, 0) is 4.79 Å². The summed E-state index contributed by atoms with van der Waals surface area (Å²) in [6.07, 6.45) is 4.78. The van der Waals surface area contributed by atoms with Crippen LogP contribution in [0, 0.1) is 0 Å². The molecule has 0 aliphatic carbocycles. The predicted molar refractivity (Wildman–Crippen MR) is 97.8 cm³/mol. The van der Waals surface area contributed by atoms with Gasteiger partial charge in [0.1, 0.15) is 6.54 Å². The molecule has 0 aliphatic rings. The van der Waals surface area contributed by atoms with Crippen molar-refractivity contribution in [2.45, 2.75) is 52.5 Å². The third kappa shape index (κ3) is 8.86. The Morgan fingerprint density at radius 3 is 2.57 bits per heavy atom. The van der Waals surface area contributed by atoms with E-state index in [2.05, 4.69) is 34.8 Å². The van der Waals surface area contributed by atoms with Gasteiger partial charge >= 0.3 is 0 Å². The lowest BCUT2D eigenvalue weighted by Gasteiger charge is -2.17. The van der Waals surface area contributed by atoms with E-state index < -0.39 is 0 Å². The van der Waals surface area contributed by atoms with Crippen LogP contribution >= 0.6 is 0 Å². The molecule has 1 aromatic rings. The number of aliphatic imine (C=N–C) groups is 1. The highest BCUT2D eigenvalue weighted by Gasteiger charge is 2.06. The van der Waals surface area contributed by atoms with Crippen LogP contribution in [0.4, 0.5) is 5.69 Å². The smallest absolute Gasteiger partial charge is 0.246 e. The van der Waals surface area contributed by atoms with Crippen LogP contribution in [0.3, 0.4) is 0 Å². The summed E-state index contributed by atoms with van der Waals surface area (Å²) in [7, 11) is 0. The van der Waals surface area contributed by atoms with Gasteiger partial charge in [-0.1, -0.05) is 44.4 Å². The fourth-order valence-corrected chi connectivity index (χ4v) is 2.20. The maximum atomic E-state index is 11.9. The van der Waals surface area contributed by atoms with E-state index in [4.69, 9.17) is 0 Å². The van der Waals surface area contributed by atoms with Gasteiger partial charge in [-0.3, -0.25) is 4.79 Å². The predicted octanol–water partition coefficient (Wildman–Crippen LogP) is 3.15. The SMILES string of the molecule is CCCCCC(C)NC(=NCC(=O)Nc1ccccc1)NCC. The number of hydrogen-bond donors (Lipinski definition) is 3. The fraction of sp³-hybridized carbons (Fsp3) is 0.556. The monoisotopic (exact) mass is 318 g/mol. The molecular formula is C18H30N4O. The van der Waals surface area contributed by atoms with Crippen molar-refractivity contribution < 1.29 is 4.79 Å². The van der Waals surface area contributed by atoms with Gasteiger partial charge < -0.3 is 16.0 Å². The van der Waals surface area contributed by atoms with Gasteiger partial charge in [-0.05, 0) is 32.4 Å². The molecule has 1 amide bonds. The average molecular weight is 318 g/mol. The van der Waals surface area contributed by atoms with Gasteiger partial charge in [-0.2, -0.15) is 0 Å². The van der Waals surface area contributed by atoms with Crippen molar-refractivity contribution in [3.05, 3.63) is 30.3 Å². The molecule has 0 spiro atoms. The van der Waals surface area contributed by atoms with E-state index in [1.165, 1.54) is 19.3 Å². The number of rotatable bonds is 9. The van der Waals surface area contributed by atoms with E-state index in [0.29, 0.717) is 12.0 Å². The summed E-state index contributed by atoms with van der Waals surface area (Å²) in [5.74, 6) is 0.576. The molecule has 3 N–H and O–H groups in total. The third-order valence-corrected chi connectivity index (χ3v) is 3.41. The average Bonchev–Trinajstić information content (AvgIpc) is 2.54. The Kier molecular flexibility index (Phi) is 9.52. The summed E-state index contributed by atoms with van der Waals surface area (Å²) in [6, 6.07) is 9.77. The summed E-state index contributed by atoms with van der Waals surface area (Å²) in [6.45, 7) is 7.24. The minimum absolute atomic E-state index is 0.103. The van der Waals surface area contributed by atoms with E-state index in [1.807, 2.05) is 37.3 Å². The van der Waals surface area contributed by atoms with Crippen molar-refractivity contribution in [3.63, 3.8) is 0 Å². The Hall–Kier alpha value is -2.04. The van der Waals surface area contributed by atoms with Crippen LogP contribution in [0.5, 0.6) is 0 Å². The number of hydrogen-bond acceptors (Lipinski definition) is 2. The Morgan fingerprint density at radius 1 is 1.17 bits per heavy atom. The van der Waals surface area contributed by atoms with Crippen LogP contribution in [0.2, 0.25) is 0 Å². The zero-order chi connectivity index (χ0) is 16.9. The molecule has 5 heteroatoms. The molecule has 0 radical (unpaired) electrons. The summed E-state index contributed by atoms with van der Waals surface area (Å²) in [4.78, 5) is 16.3. The van der Waals surface area contributed by atoms with Crippen LogP contribution in [0.1, 0.15) is 46.5 Å². The molecule has 128 valence electrons. The number of carbonyl (C=O) groups excluding carboxylic acids is 1. The molecule has 1 aromatic carbocycles. The molecule has 0 bridgehead atoms. The number of amides is 1. The Bertz CT molecular complexity index is 473. The van der Waals surface area contributed by atoms with Gasteiger partial charge in [0.2, 0.25) is 5.91 Å². The highest BCUT2D eigenvalue weighted by Crippen LogP contribution is 2.04. The van der Waals surface area contributed by atoms with E-state index >= 15 is 0 Å². The zero-order valence-corrected chi connectivity index (χ0v) is 14.6. The number of anilines is 1. The maximum Gasteiger partial charge on any atom is 0.246 e. The number of benzene rings is 1. The normalized spacial score (nSPS) is 12.6.